The normalized spacial score (nSPS) is 20.7. The molecule has 1 fully saturated rings. The van der Waals surface area contributed by atoms with Gasteiger partial charge in [0.2, 0.25) is 0 Å². The first-order chi connectivity index (χ1) is 8.46. The number of nitrogens with one attached hydrogen (secondary N) is 2. The maximum Gasteiger partial charge on any atom is 0.120 e. The maximum absolute atomic E-state index is 9.96. The molecule has 1 atom stereocenters. The summed E-state index contributed by atoms with van der Waals surface area (Å²) < 4.78 is 5.83. The molecule has 0 unspecified atom stereocenters. The van der Waals surface area contributed by atoms with E-state index in [1.807, 2.05) is 26.8 Å². The first-order valence-corrected chi connectivity index (χ1v) is 6.42. The Hall–Kier alpha value is -1.26. The van der Waals surface area contributed by atoms with E-state index in [0.717, 1.165) is 30.9 Å². The smallest absolute Gasteiger partial charge is 0.120 e. The summed E-state index contributed by atoms with van der Waals surface area (Å²) in [4.78, 5) is 0. The summed E-state index contributed by atoms with van der Waals surface area (Å²) in [5.74, 6) is 1.11. The van der Waals surface area contributed by atoms with Crippen LogP contribution >= 0.6 is 0 Å². The van der Waals surface area contributed by atoms with Gasteiger partial charge in [0.1, 0.15) is 17.1 Å². The Bertz CT molecular complexity index is 407. The molecule has 0 bridgehead atoms. The monoisotopic (exact) mass is 250 g/mol. The minimum atomic E-state index is -0.230. The molecule has 0 aliphatic carbocycles. The highest BCUT2D eigenvalue weighted by molar-refractivity contribution is 5.41. The zero-order valence-electron chi connectivity index (χ0n) is 11.3. The van der Waals surface area contributed by atoms with Crippen molar-refractivity contribution in [2.45, 2.75) is 32.4 Å². The van der Waals surface area contributed by atoms with Crippen molar-refractivity contribution in [1.29, 1.82) is 0 Å². The van der Waals surface area contributed by atoms with Crippen molar-refractivity contribution in [3.8, 4) is 11.5 Å². The molecule has 1 saturated heterocycles. The highest BCUT2D eigenvalue weighted by atomic mass is 16.5. The van der Waals surface area contributed by atoms with Gasteiger partial charge in [-0.3, -0.25) is 0 Å². The van der Waals surface area contributed by atoms with Gasteiger partial charge in [-0.1, -0.05) is 0 Å². The van der Waals surface area contributed by atoms with E-state index in [4.69, 9.17) is 4.74 Å². The Kier molecular flexibility index (Phi) is 3.78. The fourth-order valence-corrected chi connectivity index (χ4v) is 2.10. The van der Waals surface area contributed by atoms with Crippen molar-refractivity contribution in [2.24, 2.45) is 0 Å². The average molecular weight is 250 g/mol. The summed E-state index contributed by atoms with van der Waals surface area (Å²) in [6.45, 7) is 8.75. The van der Waals surface area contributed by atoms with Crippen LogP contribution in [0.5, 0.6) is 11.5 Å². The molecule has 4 nitrogen and oxygen atoms in total. The van der Waals surface area contributed by atoms with Crippen molar-refractivity contribution in [1.82, 2.24) is 10.6 Å². The number of phenolic OH excluding ortho intramolecular Hbond substituents is 1. The van der Waals surface area contributed by atoms with E-state index in [2.05, 4.69) is 10.6 Å². The van der Waals surface area contributed by atoms with Crippen molar-refractivity contribution in [3.05, 3.63) is 23.8 Å². The summed E-state index contributed by atoms with van der Waals surface area (Å²) in [5.41, 5.74) is 0.663. The second-order valence-electron chi connectivity index (χ2n) is 5.65. The predicted octanol–water partition coefficient (Wildman–Crippen LogP) is 1.80. The van der Waals surface area contributed by atoms with Crippen LogP contribution in [0, 0.1) is 0 Å². The highest BCUT2D eigenvalue weighted by Gasteiger charge is 2.19. The molecule has 2 rings (SSSR count). The van der Waals surface area contributed by atoms with Crippen LogP contribution in [0.1, 0.15) is 32.4 Å². The van der Waals surface area contributed by atoms with Gasteiger partial charge in [-0.05, 0) is 39.0 Å². The van der Waals surface area contributed by atoms with E-state index in [1.165, 1.54) is 0 Å². The van der Waals surface area contributed by atoms with Gasteiger partial charge in [0.05, 0.1) is 0 Å². The summed E-state index contributed by atoms with van der Waals surface area (Å²) >= 11 is 0. The number of hydrogen-bond donors (Lipinski definition) is 3. The highest BCUT2D eigenvalue weighted by Crippen LogP contribution is 2.30. The van der Waals surface area contributed by atoms with Gasteiger partial charge >= 0.3 is 0 Å². The van der Waals surface area contributed by atoms with E-state index >= 15 is 0 Å². The molecule has 1 aliphatic rings. The summed E-state index contributed by atoms with van der Waals surface area (Å²) in [7, 11) is 0. The van der Waals surface area contributed by atoms with Crippen molar-refractivity contribution >= 4 is 0 Å². The molecule has 0 radical (unpaired) electrons. The Balaban J connectivity index is 2.20. The Morgan fingerprint density at radius 2 is 2.06 bits per heavy atom. The van der Waals surface area contributed by atoms with E-state index in [9.17, 15) is 5.11 Å². The molecule has 0 spiro atoms. The first-order valence-electron chi connectivity index (χ1n) is 6.42. The van der Waals surface area contributed by atoms with E-state index in [0.29, 0.717) is 5.75 Å². The molecule has 3 N–H and O–H groups in total. The number of piperazine rings is 1. The molecule has 1 aromatic carbocycles. The van der Waals surface area contributed by atoms with Crippen LogP contribution in [0.15, 0.2) is 18.2 Å². The third kappa shape index (κ3) is 3.37. The predicted molar refractivity (Wildman–Crippen MR) is 72.1 cm³/mol. The second-order valence-corrected chi connectivity index (χ2v) is 5.65. The van der Waals surface area contributed by atoms with E-state index in [-0.39, 0.29) is 11.6 Å². The number of hydrogen-bond acceptors (Lipinski definition) is 4. The fraction of sp³-hybridized carbons (Fsp3) is 0.571. The van der Waals surface area contributed by atoms with Gasteiger partial charge in [-0.15, -0.1) is 0 Å². The van der Waals surface area contributed by atoms with Crippen LogP contribution in [-0.2, 0) is 0 Å². The van der Waals surface area contributed by atoms with Gasteiger partial charge in [0.15, 0.2) is 0 Å². The first kappa shape index (κ1) is 13.2. The largest absolute Gasteiger partial charge is 0.508 e. The van der Waals surface area contributed by atoms with Crippen LogP contribution in [0.2, 0.25) is 0 Å². The topological polar surface area (TPSA) is 53.5 Å². The van der Waals surface area contributed by atoms with Gasteiger partial charge in [0.25, 0.3) is 0 Å². The molecule has 18 heavy (non-hydrogen) atoms. The van der Waals surface area contributed by atoms with E-state index < -0.39 is 0 Å². The summed E-state index contributed by atoms with van der Waals surface area (Å²) in [6, 6.07) is 5.57. The molecule has 4 heteroatoms. The average Bonchev–Trinajstić information content (AvgIpc) is 2.31. The Labute approximate surface area is 108 Å². The molecule has 100 valence electrons. The minimum absolute atomic E-state index is 0.141. The molecule has 0 aromatic heterocycles. The lowest BCUT2D eigenvalue weighted by atomic mass is 10.0. The third-order valence-corrected chi connectivity index (χ3v) is 2.84. The summed E-state index contributed by atoms with van der Waals surface area (Å²) in [5, 5.41) is 16.7. The number of phenols is 1. The molecule has 1 aliphatic heterocycles. The van der Waals surface area contributed by atoms with Gasteiger partial charge < -0.3 is 20.5 Å². The standard InChI is InChI=1S/C14H22N2O2/c1-14(2,3)18-10-4-5-13(17)11(8-10)12-9-15-6-7-16-12/h4-5,8,12,15-17H,6-7,9H2,1-3H3/t12-/m0/s1. The van der Waals surface area contributed by atoms with Gasteiger partial charge in [0, 0.05) is 31.2 Å². The quantitative estimate of drug-likeness (QED) is 0.749. The minimum Gasteiger partial charge on any atom is -0.508 e. The molecular weight excluding hydrogens is 228 g/mol. The van der Waals surface area contributed by atoms with E-state index in [1.54, 1.807) is 12.1 Å². The lowest BCUT2D eigenvalue weighted by Gasteiger charge is -2.27. The molecule has 0 amide bonds. The molecular formula is C14H22N2O2. The number of aromatic hydroxyl groups is 1. The van der Waals surface area contributed by atoms with Crippen molar-refractivity contribution in [3.63, 3.8) is 0 Å². The number of ether oxygens (including phenoxy) is 1. The van der Waals surface area contributed by atoms with Crippen molar-refractivity contribution < 1.29 is 9.84 Å². The number of rotatable bonds is 2. The molecule has 1 aromatic rings. The van der Waals surface area contributed by atoms with Gasteiger partial charge in [-0.2, -0.15) is 0 Å². The second kappa shape index (κ2) is 5.16. The molecule has 0 saturated carbocycles. The zero-order chi connectivity index (χ0) is 13.2. The Morgan fingerprint density at radius 3 is 2.67 bits per heavy atom. The summed E-state index contributed by atoms with van der Waals surface area (Å²) in [6.07, 6.45) is 0. The maximum atomic E-state index is 9.96. The van der Waals surface area contributed by atoms with Gasteiger partial charge in [-0.25, -0.2) is 0 Å². The number of benzene rings is 1. The van der Waals surface area contributed by atoms with Crippen LogP contribution in [0.4, 0.5) is 0 Å². The lowest BCUT2D eigenvalue weighted by molar-refractivity contribution is 0.130. The Morgan fingerprint density at radius 1 is 1.28 bits per heavy atom. The van der Waals surface area contributed by atoms with Crippen LogP contribution < -0.4 is 15.4 Å². The van der Waals surface area contributed by atoms with Crippen LogP contribution in [-0.4, -0.2) is 30.3 Å². The fourth-order valence-electron chi connectivity index (χ4n) is 2.10. The van der Waals surface area contributed by atoms with Crippen LogP contribution in [0.25, 0.3) is 0 Å². The van der Waals surface area contributed by atoms with Crippen molar-refractivity contribution in [2.75, 3.05) is 19.6 Å². The third-order valence-electron chi connectivity index (χ3n) is 2.84. The van der Waals surface area contributed by atoms with Crippen LogP contribution in [0.3, 0.4) is 0 Å². The lowest BCUT2D eigenvalue weighted by Crippen LogP contribution is -2.42. The SMILES string of the molecule is CC(C)(C)Oc1ccc(O)c([C@@H]2CNCCN2)c1. The zero-order valence-corrected chi connectivity index (χ0v) is 11.3. The molecule has 1 heterocycles.